The Balaban J connectivity index is 2.32. The highest BCUT2D eigenvalue weighted by Gasteiger charge is 2.09. The summed E-state index contributed by atoms with van der Waals surface area (Å²) in [6.45, 7) is 0. The molecule has 0 unspecified atom stereocenters. The molecular formula is C12H8Br3NO2. The maximum absolute atomic E-state index is 5.75. The summed E-state index contributed by atoms with van der Waals surface area (Å²) >= 11 is 10.2. The van der Waals surface area contributed by atoms with Crippen LogP contribution in [0.2, 0.25) is 0 Å². The topological polar surface area (TPSA) is 31.4 Å². The van der Waals surface area contributed by atoms with Crippen LogP contribution in [0, 0.1) is 0 Å². The zero-order chi connectivity index (χ0) is 13.1. The summed E-state index contributed by atoms with van der Waals surface area (Å²) in [6.07, 6.45) is 3.35. The number of halogens is 3. The van der Waals surface area contributed by atoms with Crippen LogP contribution in [0.25, 0.3) is 0 Å². The molecule has 0 fully saturated rings. The van der Waals surface area contributed by atoms with Gasteiger partial charge in [-0.1, -0.05) is 0 Å². The third-order valence-electron chi connectivity index (χ3n) is 2.11. The lowest BCUT2D eigenvalue weighted by Crippen LogP contribution is -1.90. The van der Waals surface area contributed by atoms with Gasteiger partial charge >= 0.3 is 0 Å². The van der Waals surface area contributed by atoms with Gasteiger partial charge in [0.2, 0.25) is 0 Å². The Hall–Kier alpha value is -0.590. The van der Waals surface area contributed by atoms with Gasteiger partial charge in [0.15, 0.2) is 0 Å². The summed E-state index contributed by atoms with van der Waals surface area (Å²) in [4.78, 5) is 4.04. The van der Waals surface area contributed by atoms with Crippen molar-refractivity contribution in [3.05, 3.63) is 44.0 Å². The molecule has 2 rings (SSSR count). The van der Waals surface area contributed by atoms with Crippen molar-refractivity contribution in [2.45, 2.75) is 0 Å². The van der Waals surface area contributed by atoms with Crippen LogP contribution in [0.1, 0.15) is 0 Å². The molecule has 3 nitrogen and oxygen atoms in total. The lowest BCUT2D eigenvalue weighted by Gasteiger charge is -2.10. The smallest absolute Gasteiger partial charge is 0.146 e. The largest absolute Gasteiger partial charge is 0.496 e. The van der Waals surface area contributed by atoms with Crippen molar-refractivity contribution in [3.8, 4) is 17.2 Å². The molecule has 0 saturated heterocycles. The van der Waals surface area contributed by atoms with Crippen LogP contribution in [0.3, 0.4) is 0 Å². The SMILES string of the molecule is COc1cc(Br)c(Oc2cncc(Br)c2)cc1Br. The highest BCUT2D eigenvalue weighted by Crippen LogP contribution is 2.38. The minimum atomic E-state index is 0.655. The van der Waals surface area contributed by atoms with E-state index < -0.39 is 0 Å². The van der Waals surface area contributed by atoms with Crippen molar-refractivity contribution in [1.29, 1.82) is 0 Å². The maximum Gasteiger partial charge on any atom is 0.146 e. The Bertz CT molecular complexity index is 575. The fraction of sp³-hybridized carbons (Fsp3) is 0.0833. The molecule has 0 N–H and O–H groups in total. The number of pyridine rings is 1. The summed E-state index contributed by atoms with van der Waals surface area (Å²) in [7, 11) is 1.62. The van der Waals surface area contributed by atoms with Gasteiger partial charge in [-0.2, -0.15) is 0 Å². The minimum absolute atomic E-state index is 0.655. The van der Waals surface area contributed by atoms with Crippen molar-refractivity contribution in [2.24, 2.45) is 0 Å². The third kappa shape index (κ3) is 3.24. The maximum atomic E-state index is 5.75. The molecule has 1 heterocycles. The van der Waals surface area contributed by atoms with E-state index in [1.54, 1.807) is 19.5 Å². The number of hydrogen-bond acceptors (Lipinski definition) is 3. The van der Waals surface area contributed by atoms with E-state index in [4.69, 9.17) is 9.47 Å². The second-order valence-corrected chi connectivity index (χ2v) is 5.98. The van der Waals surface area contributed by atoms with Crippen LogP contribution >= 0.6 is 47.8 Å². The molecule has 0 spiro atoms. The fourth-order valence-electron chi connectivity index (χ4n) is 1.32. The molecule has 0 saturated carbocycles. The Labute approximate surface area is 130 Å². The van der Waals surface area contributed by atoms with Crippen molar-refractivity contribution in [2.75, 3.05) is 7.11 Å². The molecule has 1 aromatic heterocycles. The number of hydrogen-bond donors (Lipinski definition) is 0. The molecule has 0 aliphatic rings. The van der Waals surface area contributed by atoms with E-state index in [1.807, 2.05) is 18.2 Å². The van der Waals surface area contributed by atoms with Crippen LogP contribution in [-0.2, 0) is 0 Å². The van der Waals surface area contributed by atoms with Crippen LogP contribution in [0.5, 0.6) is 17.2 Å². The fourth-order valence-corrected chi connectivity index (χ4v) is 2.55. The third-order valence-corrected chi connectivity index (χ3v) is 3.79. The average Bonchev–Trinajstić information content (AvgIpc) is 2.33. The Morgan fingerprint density at radius 3 is 2.28 bits per heavy atom. The average molecular weight is 438 g/mol. The van der Waals surface area contributed by atoms with Gasteiger partial charge in [0, 0.05) is 10.7 Å². The van der Waals surface area contributed by atoms with Gasteiger partial charge in [0.25, 0.3) is 0 Å². The van der Waals surface area contributed by atoms with Gasteiger partial charge in [0.1, 0.15) is 17.2 Å². The first-order chi connectivity index (χ1) is 8.60. The molecule has 0 radical (unpaired) electrons. The Kier molecular flexibility index (Phi) is 4.64. The first kappa shape index (κ1) is 13.8. The van der Waals surface area contributed by atoms with Crippen molar-refractivity contribution >= 4 is 47.8 Å². The van der Waals surface area contributed by atoms with Crippen molar-refractivity contribution < 1.29 is 9.47 Å². The van der Waals surface area contributed by atoms with Gasteiger partial charge in [-0.3, -0.25) is 4.98 Å². The minimum Gasteiger partial charge on any atom is -0.496 e. The van der Waals surface area contributed by atoms with Gasteiger partial charge in [-0.15, -0.1) is 0 Å². The normalized spacial score (nSPS) is 10.2. The molecule has 6 heteroatoms. The Morgan fingerprint density at radius 2 is 1.61 bits per heavy atom. The van der Waals surface area contributed by atoms with Gasteiger partial charge in [0.05, 0.1) is 22.3 Å². The quantitative estimate of drug-likeness (QED) is 0.663. The monoisotopic (exact) mass is 435 g/mol. The molecule has 1 aromatic carbocycles. The number of methoxy groups -OCH3 is 1. The van der Waals surface area contributed by atoms with Gasteiger partial charge in [-0.05, 0) is 66.0 Å². The lowest BCUT2D eigenvalue weighted by atomic mass is 10.3. The standard InChI is InChI=1S/C12H8Br3NO2/c1-17-11-3-10(15)12(4-9(11)14)18-8-2-7(13)5-16-6-8/h2-6H,1H3. The van der Waals surface area contributed by atoms with Gasteiger partial charge < -0.3 is 9.47 Å². The predicted molar refractivity (Wildman–Crippen MR) is 80.4 cm³/mol. The van der Waals surface area contributed by atoms with E-state index in [-0.39, 0.29) is 0 Å². The molecule has 0 aliphatic carbocycles. The second-order valence-electron chi connectivity index (χ2n) is 3.36. The van der Waals surface area contributed by atoms with E-state index in [0.717, 1.165) is 19.2 Å². The van der Waals surface area contributed by atoms with Crippen LogP contribution in [0.15, 0.2) is 44.0 Å². The van der Waals surface area contributed by atoms with E-state index in [1.165, 1.54) is 0 Å². The second kappa shape index (κ2) is 6.04. The van der Waals surface area contributed by atoms with Crippen LogP contribution in [0.4, 0.5) is 0 Å². The highest BCUT2D eigenvalue weighted by molar-refractivity contribution is 9.11. The van der Waals surface area contributed by atoms with Crippen LogP contribution < -0.4 is 9.47 Å². The van der Waals surface area contributed by atoms with E-state index >= 15 is 0 Å². The zero-order valence-corrected chi connectivity index (χ0v) is 14.0. The number of rotatable bonds is 3. The molecule has 0 bridgehead atoms. The molecule has 18 heavy (non-hydrogen) atoms. The number of nitrogens with zero attached hydrogens (tertiary/aromatic N) is 1. The molecule has 2 aromatic rings. The number of benzene rings is 1. The van der Waals surface area contributed by atoms with E-state index in [0.29, 0.717) is 11.5 Å². The molecule has 94 valence electrons. The number of ether oxygens (including phenoxy) is 2. The summed E-state index contributed by atoms with van der Waals surface area (Å²) in [5.74, 6) is 2.08. The van der Waals surface area contributed by atoms with E-state index in [9.17, 15) is 0 Å². The Morgan fingerprint density at radius 1 is 0.944 bits per heavy atom. The first-order valence-electron chi connectivity index (χ1n) is 4.91. The summed E-state index contributed by atoms with van der Waals surface area (Å²) in [5.41, 5.74) is 0. The molecular weight excluding hydrogens is 430 g/mol. The molecule has 0 aliphatic heterocycles. The lowest BCUT2D eigenvalue weighted by molar-refractivity contribution is 0.409. The van der Waals surface area contributed by atoms with Gasteiger partial charge in [-0.25, -0.2) is 0 Å². The predicted octanol–water partition coefficient (Wildman–Crippen LogP) is 5.17. The summed E-state index contributed by atoms with van der Waals surface area (Å²) in [5, 5.41) is 0. The molecule has 0 atom stereocenters. The molecule has 0 amide bonds. The van der Waals surface area contributed by atoms with Crippen LogP contribution in [-0.4, -0.2) is 12.1 Å². The van der Waals surface area contributed by atoms with Crippen molar-refractivity contribution in [1.82, 2.24) is 4.98 Å². The van der Waals surface area contributed by atoms with Crippen molar-refractivity contribution in [3.63, 3.8) is 0 Å². The summed E-state index contributed by atoms with van der Waals surface area (Å²) in [6, 6.07) is 5.52. The number of aromatic nitrogens is 1. The summed E-state index contributed by atoms with van der Waals surface area (Å²) < 4.78 is 13.4. The first-order valence-corrected chi connectivity index (χ1v) is 7.29. The highest BCUT2D eigenvalue weighted by atomic mass is 79.9. The van der Waals surface area contributed by atoms with E-state index in [2.05, 4.69) is 52.8 Å². The zero-order valence-electron chi connectivity index (χ0n) is 9.28.